The van der Waals surface area contributed by atoms with Gasteiger partial charge >= 0.3 is 0 Å². The SMILES string of the molecule is CC(C)N1CCN(C(=O)c2cc(-c3ccc(Cl)cc3)n[nH]2)CC1. The van der Waals surface area contributed by atoms with Crippen LogP contribution in [-0.4, -0.2) is 58.1 Å². The van der Waals surface area contributed by atoms with E-state index in [-0.39, 0.29) is 5.91 Å². The molecule has 6 heteroatoms. The van der Waals surface area contributed by atoms with Crippen molar-refractivity contribution in [3.05, 3.63) is 41.0 Å². The van der Waals surface area contributed by atoms with Gasteiger partial charge in [0.1, 0.15) is 5.69 Å². The molecule has 0 aliphatic carbocycles. The number of benzene rings is 1. The first-order valence-electron chi connectivity index (χ1n) is 7.89. The molecule has 1 aliphatic heterocycles. The molecule has 0 saturated carbocycles. The molecule has 1 aliphatic rings. The van der Waals surface area contributed by atoms with Crippen molar-refractivity contribution in [1.29, 1.82) is 0 Å². The third-order valence-corrected chi connectivity index (χ3v) is 4.53. The number of carbonyl (C=O) groups is 1. The molecule has 0 atom stereocenters. The van der Waals surface area contributed by atoms with E-state index in [1.165, 1.54) is 0 Å². The van der Waals surface area contributed by atoms with Crippen LogP contribution in [0.1, 0.15) is 24.3 Å². The van der Waals surface area contributed by atoms with Gasteiger partial charge in [-0.2, -0.15) is 5.10 Å². The largest absolute Gasteiger partial charge is 0.335 e. The molecule has 1 aromatic carbocycles. The molecule has 122 valence electrons. The van der Waals surface area contributed by atoms with Crippen LogP contribution >= 0.6 is 11.6 Å². The number of nitrogens with zero attached hydrogens (tertiary/aromatic N) is 3. The molecule has 2 aromatic rings. The van der Waals surface area contributed by atoms with E-state index in [0.717, 1.165) is 37.4 Å². The second-order valence-corrected chi connectivity index (χ2v) is 6.53. The summed E-state index contributed by atoms with van der Waals surface area (Å²) in [5.74, 6) is 0.0149. The van der Waals surface area contributed by atoms with E-state index < -0.39 is 0 Å². The number of aromatic nitrogens is 2. The zero-order chi connectivity index (χ0) is 16.4. The van der Waals surface area contributed by atoms with Crippen molar-refractivity contribution < 1.29 is 4.79 Å². The van der Waals surface area contributed by atoms with Gasteiger partial charge in [-0.15, -0.1) is 0 Å². The smallest absolute Gasteiger partial charge is 0.271 e. The van der Waals surface area contributed by atoms with E-state index in [1.54, 1.807) is 6.07 Å². The van der Waals surface area contributed by atoms with Crippen molar-refractivity contribution in [3.63, 3.8) is 0 Å². The van der Waals surface area contributed by atoms with Crippen LogP contribution in [0.4, 0.5) is 0 Å². The van der Waals surface area contributed by atoms with Crippen LogP contribution in [0.5, 0.6) is 0 Å². The minimum absolute atomic E-state index is 0.0149. The van der Waals surface area contributed by atoms with Gasteiger partial charge in [0.25, 0.3) is 5.91 Å². The fourth-order valence-corrected chi connectivity index (χ4v) is 2.94. The van der Waals surface area contributed by atoms with Crippen molar-refractivity contribution in [2.24, 2.45) is 0 Å². The lowest BCUT2D eigenvalue weighted by atomic mass is 10.1. The fraction of sp³-hybridized carbons (Fsp3) is 0.412. The van der Waals surface area contributed by atoms with Gasteiger partial charge < -0.3 is 4.90 Å². The Labute approximate surface area is 141 Å². The summed E-state index contributed by atoms with van der Waals surface area (Å²) in [6.07, 6.45) is 0. The molecule has 1 saturated heterocycles. The van der Waals surface area contributed by atoms with Gasteiger partial charge in [0.15, 0.2) is 0 Å². The van der Waals surface area contributed by atoms with Gasteiger partial charge in [-0.05, 0) is 32.0 Å². The number of aromatic amines is 1. The third-order valence-electron chi connectivity index (χ3n) is 4.28. The number of nitrogens with one attached hydrogen (secondary N) is 1. The maximum Gasteiger partial charge on any atom is 0.271 e. The molecule has 3 rings (SSSR count). The maximum atomic E-state index is 12.6. The molecule has 23 heavy (non-hydrogen) atoms. The van der Waals surface area contributed by atoms with Gasteiger partial charge in [-0.3, -0.25) is 14.8 Å². The zero-order valence-corrected chi connectivity index (χ0v) is 14.2. The lowest BCUT2D eigenvalue weighted by molar-refractivity contribution is 0.0590. The normalized spacial score (nSPS) is 16.1. The van der Waals surface area contributed by atoms with E-state index in [9.17, 15) is 4.79 Å². The third kappa shape index (κ3) is 3.57. The van der Waals surface area contributed by atoms with Crippen LogP contribution in [0.25, 0.3) is 11.3 Å². The number of hydrogen-bond acceptors (Lipinski definition) is 3. The first-order chi connectivity index (χ1) is 11.0. The highest BCUT2D eigenvalue weighted by Gasteiger charge is 2.24. The van der Waals surface area contributed by atoms with Crippen LogP contribution in [0.3, 0.4) is 0 Å². The van der Waals surface area contributed by atoms with Crippen molar-refractivity contribution in [3.8, 4) is 11.3 Å². The Hall–Kier alpha value is -1.85. The van der Waals surface area contributed by atoms with E-state index in [2.05, 4.69) is 28.9 Å². The van der Waals surface area contributed by atoms with Gasteiger partial charge in [0, 0.05) is 42.8 Å². The Morgan fingerprint density at radius 3 is 2.43 bits per heavy atom. The topological polar surface area (TPSA) is 52.2 Å². The first-order valence-corrected chi connectivity index (χ1v) is 8.27. The van der Waals surface area contributed by atoms with Crippen LogP contribution in [-0.2, 0) is 0 Å². The van der Waals surface area contributed by atoms with E-state index in [1.807, 2.05) is 29.2 Å². The van der Waals surface area contributed by atoms with Crippen molar-refractivity contribution in [1.82, 2.24) is 20.0 Å². The zero-order valence-electron chi connectivity index (χ0n) is 13.4. The minimum atomic E-state index is 0.0149. The summed E-state index contributed by atoms with van der Waals surface area (Å²) >= 11 is 5.90. The van der Waals surface area contributed by atoms with Gasteiger partial charge in [-0.1, -0.05) is 23.7 Å². The van der Waals surface area contributed by atoms with E-state index in [0.29, 0.717) is 16.8 Å². The Morgan fingerprint density at radius 1 is 1.17 bits per heavy atom. The molecule has 2 heterocycles. The van der Waals surface area contributed by atoms with E-state index >= 15 is 0 Å². The summed E-state index contributed by atoms with van der Waals surface area (Å²) in [6, 6.07) is 9.76. The van der Waals surface area contributed by atoms with Crippen LogP contribution in [0.15, 0.2) is 30.3 Å². The van der Waals surface area contributed by atoms with Gasteiger partial charge in [0.05, 0.1) is 5.69 Å². The quantitative estimate of drug-likeness (QED) is 0.940. The number of hydrogen-bond donors (Lipinski definition) is 1. The minimum Gasteiger partial charge on any atom is -0.335 e. The lowest BCUT2D eigenvalue weighted by Gasteiger charge is -2.36. The maximum absolute atomic E-state index is 12.6. The summed E-state index contributed by atoms with van der Waals surface area (Å²) < 4.78 is 0. The van der Waals surface area contributed by atoms with Crippen LogP contribution < -0.4 is 0 Å². The summed E-state index contributed by atoms with van der Waals surface area (Å²) in [7, 11) is 0. The molecule has 1 amide bonds. The van der Waals surface area contributed by atoms with Gasteiger partial charge in [-0.25, -0.2) is 0 Å². The Morgan fingerprint density at radius 2 is 1.83 bits per heavy atom. The molecule has 1 N–H and O–H groups in total. The second-order valence-electron chi connectivity index (χ2n) is 6.10. The average Bonchev–Trinajstić information content (AvgIpc) is 3.05. The number of halogens is 1. The lowest BCUT2D eigenvalue weighted by Crippen LogP contribution is -2.50. The highest BCUT2D eigenvalue weighted by molar-refractivity contribution is 6.30. The van der Waals surface area contributed by atoms with Crippen LogP contribution in [0, 0.1) is 0 Å². The first kappa shape index (κ1) is 16.0. The molecule has 1 fully saturated rings. The number of carbonyl (C=O) groups excluding carboxylic acids is 1. The highest BCUT2D eigenvalue weighted by atomic mass is 35.5. The number of H-pyrrole nitrogens is 1. The standard InChI is InChI=1S/C17H21ClN4O/c1-12(2)21-7-9-22(10-8-21)17(23)16-11-15(19-20-16)13-3-5-14(18)6-4-13/h3-6,11-12H,7-10H2,1-2H3,(H,19,20). The summed E-state index contributed by atoms with van der Waals surface area (Å²) in [5.41, 5.74) is 2.23. The number of rotatable bonds is 3. The summed E-state index contributed by atoms with van der Waals surface area (Å²) in [6.45, 7) is 7.72. The summed E-state index contributed by atoms with van der Waals surface area (Å²) in [4.78, 5) is 16.9. The highest BCUT2D eigenvalue weighted by Crippen LogP contribution is 2.21. The molecular weight excluding hydrogens is 312 g/mol. The molecule has 0 bridgehead atoms. The predicted octanol–water partition coefficient (Wildman–Crippen LogP) is 2.90. The van der Waals surface area contributed by atoms with Crippen molar-refractivity contribution >= 4 is 17.5 Å². The second kappa shape index (κ2) is 6.72. The molecular formula is C17H21ClN4O. The molecule has 0 spiro atoms. The number of amides is 1. The Bertz CT molecular complexity index is 672. The molecule has 1 aromatic heterocycles. The molecule has 5 nitrogen and oxygen atoms in total. The Balaban J connectivity index is 1.68. The summed E-state index contributed by atoms with van der Waals surface area (Å²) in [5, 5.41) is 7.80. The van der Waals surface area contributed by atoms with Crippen molar-refractivity contribution in [2.45, 2.75) is 19.9 Å². The van der Waals surface area contributed by atoms with Gasteiger partial charge in [0.2, 0.25) is 0 Å². The predicted molar refractivity (Wildman–Crippen MR) is 91.6 cm³/mol. The average molecular weight is 333 g/mol. The van der Waals surface area contributed by atoms with E-state index in [4.69, 9.17) is 11.6 Å². The monoisotopic (exact) mass is 332 g/mol. The molecule has 0 unspecified atom stereocenters. The molecule has 0 radical (unpaired) electrons. The van der Waals surface area contributed by atoms with Crippen molar-refractivity contribution in [2.75, 3.05) is 26.2 Å². The Kier molecular flexibility index (Phi) is 4.68. The van der Waals surface area contributed by atoms with Crippen LogP contribution in [0.2, 0.25) is 5.02 Å². The fourth-order valence-electron chi connectivity index (χ4n) is 2.81. The number of piperazine rings is 1.